The molecule has 0 rings (SSSR count). The van der Waals surface area contributed by atoms with Gasteiger partial charge in [-0.15, -0.1) is 0 Å². The highest BCUT2D eigenvalue weighted by atomic mass is 32.2. The predicted molar refractivity (Wildman–Crippen MR) is 63.6 cm³/mol. The summed E-state index contributed by atoms with van der Waals surface area (Å²) < 4.78 is 30.1. The van der Waals surface area contributed by atoms with E-state index in [2.05, 4.69) is 6.92 Å². The Balaban J connectivity index is 3.62. The maximum absolute atomic E-state index is 10.7. The van der Waals surface area contributed by atoms with Gasteiger partial charge in [-0.2, -0.15) is 8.42 Å². The lowest BCUT2D eigenvalue weighted by atomic mass is 10.00. The Bertz CT molecular complexity index is 234. The summed E-state index contributed by atoms with van der Waals surface area (Å²) >= 11 is 0. The molecule has 0 saturated carbocycles. The van der Waals surface area contributed by atoms with Crippen molar-refractivity contribution >= 4 is 10.1 Å². The molecule has 0 amide bonds. The van der Waals surface area contributed by atoms with Crippen LogP contribution in [0.2, 0.25) is 0 Å². The maximum Gasteiger partial charge on any atom is 0.265 e. The van der Waals surface area contributed by atoms with Crippen LogP contribution in [0, 0.1) is 5.92 Å². The second kappa shape index (κ2) is 8.11. The van der Waals surface area contributed by atoms with Gasteiger partial charge in [0.1, 0.15) is 0 Å². The zero-order valence-electron chi connectivity index (χ0n) is 9.91. The van der Waals surface area contributed by atoms with Gasteiger partial charge in [-0.05, 0) is 12.3 Å². The molecule has 0 fully saturated rings. The van der Waals surface area contributed by atoms with Gasteiger partial charge in [0, 0.05) is 0 Å². The van der Waals surface area contributed by atoms with Gasteiger partial charge in [-0.1, -0.05) is 52.4 Å². The van der Waals surface area contributed by atoms with Crippen molar-refractivity contribution in [2.45, 2.75) is 58.8 Å². The van der Waals surface area contributed by atoms with E-state index in [1.54, 1.807) is 0 Å². The van der Waals surface area contributed by atoms with Crippen molar-refractivity contribution in [3.8, 4) is 0 Å². The third-order valence-corrected chi connectivity index (χ3v) is 3.63. The minimum Gasteiger partial charge on any atom is -0.286 e. The molecule has 1 atom stereocenters. The van der Waals surface area contributed by atoms with E-state index >= 15 is 0 Å². The second-order valence-corrected chi connectivity index (χ2v) is 5.72. The van der Waals surface area contributed by atoms with Crippen LogP contribution < -0.4 is 0 Å². The molecule has 0 aliphatic heterocycles. The van der Waals surface area contributed by atoms with Crippen LogP contribution in [0.15, 0.2) is 0 Å². The van der Waals surface area contributed by atoms with Gasteiger partial charge in [-0.3, -0.25) is 4.55 Å². The highest BCUT2D eigenvalue weighted by molar-refractivity contribution is 7.85. The van der Waals surface area contributed by atoms with Crippen molar-refractivity contribution in [1.82, 2.24) is 0 Å². The van der Waals surface area contributed by atoms with Crippen molar-refractivity contribution in [3.63, 3.8) is 0 Å². The van der Waals surface area contributed by atoms with Crippen molar-refractivity contribution in [3.05, 3.63) is 0 Å². The average molecular weight is 236 g/mol. The molecule has 0 radical (unpaired) electrons. The van der Waals surface area contributed by atoms with E-state index in [1.807, 2.05) is 6.92 Å². The van der Waals surface area contributed by atoms with Crippen LogP contribution in [0.5, 0.6) is 0 Å². The summed E-state index contributed by atoms with van der Waals surface area (Å²) in [5.41, 5.74) is 0. The van der Waals surface area contributed by atoms with Gasteiger partial charge in [0.15, 0.2) is 0 Å². The molecule has 92 valence electrons. The van der Waals surface area contributed by atoms with Crippen LogP contribution in [0.1, 0.15) is 58.8 Å². The third-order valence-electron chi connectivity index (χ3n) is 2.74. The molecule has 1 unspecified atom stereocenters. The number of hydrogen-bond acceptors (Lipinski definition) is 2. The molecule has 3 nitrogen and oxygen atoms in total. The van der Waals surface area contributed by atoms with E-state index in [4.69, 9.17) is 4.55 Å². The molecule has 0 aromatic carbocycles. The largest absolute Gasteiger partial charge is 0.286 e. The fraction of sp³-hybridized carbons (Fsp3) is 1.00. The summed E-state index contributed by atoms with van der Waals surface area (Å²) in [5, 5.41) is 0. The van der Waals surface area contributed by atoms with Crippen molar-refractivity contribution in [1.29, 1.82) is 0 Å². The first-order chi connectivity index (χ1) is 6.99. The average Bonchev–Trinajstić information content (AvgIpc) is 2.14. The van der Waals surface area contributed by atoms with Gasteiger partial charge in [-0.25, -0.2) is 0 Å². The third kappa shape index (κ3) is 10.2. The Morgan fingerprint density at radius 3 is 2.13 bits per heavy atom. The van der Waals surface area contributed by atoms with Crippen LogP contribution in [-0.4, -0.2) is 18.7 Å². The fourth-order valence-corrected chi connectivity index (χ4v) is 2.74. The number of hydrogen-bond donors (Lipinski definition) is 1. The van der Waals surface area contributed by atoms with Crippen LogP contribution in [0.25, 0.3) is 0 Å². The normalized spacial score (nSPS) is 14.1. The molecule has 4 heteroatoms. The highest BCUT2D eigenvalue weighted by Crippen LogP contribution is 2.16. The molecule has 0 aliphatic rings. The summed E-state index contributed by atoms with van der Waals surface area (Å²) in [6.07, 6.45) is 7.72. The molecule has 0 bridgehead atoms. The summed E-state index contributed by atoms with van der Waals surface area (Å²) in [6.45, 7) is 4.15. The van der Waals surface area contributed by atoms with E-state index < -0.39 is 10.1 Å². The second-order valence-electron chi connectivity index (χ2n) is 4.23. The standard InChI is InChI=1S/C11H24O3S/c1-3-5-6-7-8-9-11(4-2)10-15(12,13)14/h11H,3-10H2,1-2H3,(H,12,13,14). The molecular weight excluding hydrogens is 212 g/mol. The van der Waals surface area contributed by atoms with E-state index in [9.17, 15) is 8.42 Å². The van der Waals surface area contributed by atoms with Gasteiger partial charge >= 0.3 is 0 Å². The van der Waals surface area contributed by atoms with Crippen molar-refractivity contribution in [2.24, 2.45) is 5.92 Å². The van der Waals surface area contributed by atoms with Crippen molar-refractivity contribution in [2.75, 3.05) is 5.75 Å². The molecular formula is C11H24O3S. The van der Waals surface area contributed by atoms with E-state index in [0.717, 1.165) is 19.3 Å². The topological polar surface area (TPSA) is 54.4 Å². The predicted octanol–water partition coefficient (Wildman–Crippen LogP) is 3.26. The summed E-state index contributed by atoms with van der Waals surface area (Å²) in [7, 11) is -3.78. The molecule has 1 N–H and O–H groups in total. The Morgan fingerprint density at radius 2 is 1.67 bits per heavy atom. The minimum atomic E-state index is -3.78. The van der Waals surface area contributed by atoms with Crippen molar-refractivity contribution < 1.29 is 13.0 Å². The molecule has 0 heterocycles. The summed E-state index contributed by atoms with van der Waals surface area (Å²) in [5.74, 6) is 0.0544. The van der Waals surface area contributed by atoms with Gasteiger partial charge in [0.25, 0.3) is 10.1 Å². The van der Waals surface area contributed by atoms with E-state index in [1.165, 1.54) is 25.7 Å². The zero-order chi connectivity index (χ0) is 11.7. The van der Waals surface area contributed by atoms with Gasteiger partial charge in [0.05, 0.1) is 5.75 Å². The fourth-order valence-electron chi connectivity index (χ4n) is 1.74. The molecule has 15 heavy (non-hydrogen) atoms. The van der Waals surface area contributed by atoms with Crippen LogP contribution in [0.4, 0.5) is 0 Å². The maximum atomic E-state index is 10.7. The molecule has 0 spiro atoms. The number of unbranched alkanes of at least 4 members (excludes halogenated alkanes) is 4. The number of rotatable bonds is 9. The quantitative estimate of drug-likeness (QED) is 0.494. The summed E-state index contributed by atoms with van der Waals surface area (Å²) in [6, 6.07) is 0. The minimum absolute atomic E-state index is 0.0721. The SMILES string of the molecule is CCCCCCCC(CC)CS(=O)(=O)O. The molecule has 0 saturated heterocycles. The Kier molecular flexibility index (Phi) is 8.06. The van der Waals surface area contributed by atoms with E-state index in [-0.39, 0.29) is 11.7 Å². The lowest BCUT2D eigenvalue weighted by Crippen LogP contribution is -2.14. The zero-order valence-corrected chi connectivity index (χ0v) is 10.7. The first kappa shape index (κ1) is 14.9. The van der Waals surface area contributed by atoms with Gasteiger partial charge < -0.3 is 0 Å². The Labute approximate surface area is 94.0 Å². The smallest absolute Gasteiger partial charge is 0.265 e. The first-order valence-electron chi connectivity index (χ1n) is 5.94. The Hall–Kier alpha value is -0.0900. The molecule has 0 aromatic rings. The Morgan fingerprint density at radius 1 is 1.07 bits per heavy atom. The first-order valence-corrected chi connectivity index (χ1v) is 7.55. The summed E-state index contributed by atoms with van der Waals surface area (Å²) in [4.78, 5) is 0. The van der Waals surface area contributed by atoms with Gasteiger partial charge in [0.2, 0.25) is 0 Å². The monoisotopic (exact) mass is 236 g/mol. The van der Waals surface area contributed by atoms with E-state index in [0.29, 0.717) is 0 Å². The van der Waals surface area contributed by atoms with Crippen LogP contribution in [0.3, 0.4) is 0 Å². The van der Waals surface area contributed by atoms with Crippen LogP contribution >= 0.6 is 0 Å². The lowest BCUT2D eigenvalue weighted by Gasteiger charge is -2.12. The molecule has 0 aliphatic carbocycles. The van der Waals surface area contributed by atoms with Crippen LogP contribution in [-0.2, 0) is 10.1 Å². The highest BCUT2D eigenvalue weighted by Gasteiger charge is 2.14. The molecule has 0 aromatic heterocycles. The lowest BCUT2D eigenvalue weighted by molar-refractivity contribution is 0.435.